The molecule has 92 valence electrons. The minimum atomic E-state index is 0.485. The Labute approximate surface area is 101 Å². The normalized spacial score (nSPS) is 34.6. The van der Waals surface area contributed by atoms with Gasteiger partial charge < -0.3 is 0 Å². The van der Waals surface area contributed by atoms with Gasteiger partial charge in [0.25, 0.3) is 0 Å². The van der Waals surface area contributed by atoms with Crippen molar-refractivity contribution in [2.75, 3.05) is 13.1 Å². The van der Waals surface area contributed by atoms with Gasteiger partial charge in [0.1, 0.15) is 0 Å². The van der Waals surface area contributed by atoms with E-state index in [1.807, 2.05) is 0 Å². The Morgan fingerprint density at radius 2 is 2.00 bits per heavy atom. The molecule has 3 aliphatic rings. The third-order valence-electron chi connectivity index (χ3n) is 4.71. The van der Waals surface area contributed by atoms with Gasteiger partial charge in [-0.1, -0.05) is 32.9 Å². The summed E-state index contributed by atoms with van der Waals surface area (Å²) in [6.45, 7) is 13.9. The maximum Gasteiger partial charge on any atom is 0.00963 e. The first kappa shape index (κ1) is 12.2. The first-order valence-corrected chi connectivity index (χ1v) is 6.99. The summed E-state index contributed by atoms with van der Waals surface area (Å²) in [5, 5.41) is 0. The molecule has 1 saturated carbocycles. The Morgan fingerprint density at radius 1 is 1.38 bits per heavy atom. The average Bonchev–Trinajstić information content (AvgIpc) is 2.28. The standard InChI is InChI=1S/C15H27N/c1-5-13(4)15-8-6-14(7-9-15)16(11-15)10-12(2)3/h12,14H,4-11H2,1-3H3. The third kappa shape index (κ3) is 2.07. The summed E-state index contributed by atoms with van der Waals surface area (Å²) < 4.78 is 0. The van der Waals surface area contributed by atoms with Gasteiger partial charge >= 0.3 is 0 Å². The molecule has 1 aliphatic carbocycles. The van der Waals surface area contributed by atoms with Gasteiger partial charge in [-0.05, 0) is 38.0 Å². The van der Waals surface area contributed by atoms with Gasteiger partial charge in [0, 0.05) is 24.5 Å². The van der Waals surface area contributed by atoms with Crippen LogP contribution in [-0.4, -0.2) is 24.0 Å². The molecule has 0 N–H and O–H groups in total. The van der Waals surface area contributed by atoms with Crippen LogP contribution >= 0.6 is 0 Å². The maximum atomic E-state index is 4.35. The van der Waals surface area contributed by atoms with Crippen molar-refractivity contribution in [2.24, 2.45) is 11.3 Å². The highest BCUT2D eigenvalue weighted by molar-refractivity contribution is 5.16. The van der Waals surface area contributed by atoms with Crippen molar-refractivity contribution in [3.05, 3.63) is 12.2 Å². The minimum Gasteiger partial charge on any atom is -0.299 e. The summed E-state index contributed by atoms with van der Waals surface area (Å²) in [6.07, 6.45) is 6.79. The second kappa shape index (κ2) is 4.52. The van der Waals surface area contributed by atoms with Crippen molar-refractivity contribution in [1.82, 2.24) is 4.90 Å². The molecule has 1 nitrogen and oxygen atoms in total. The van der Waals surface area contributed by atoms with E-state index in [1.54, 1.807) is 0 Å². The maximum absolute atomic E-state index is 4.35. The van der Waals surface area contributed by atoms with E-state index >= 15 is 0 Å². The van der Waals surface area contributed by atoms with Gasteiger partial charge in [0.15, 0.2) is 0 Å². The molecule has 0 amide bonds. The van der Waals surface area contributed by atoms with Crippen molar-refractivity contribution in [3.8, 4) is 0 Å². The van der Waals surface area contributed by atoms with E-state index < -0.39 is 0 Å². The molecule has 2 saturated heterocycles. The number of rotatable bonds is 4. The molecule has 0 radical (unpaired) electrons. The first-order chi connectivity index (χ1) is 7.57. The van der Waals surface area contributed by atoms with Gasteiger partial charge in [0.2, 0.25) is 0 Å². The number of hydrogen-bond acceptors (Lipinski definition) is 1. The van der Waals surface area contributed by atoms with Crippen LogP contribution in [0.3, 0.4) is 0 Å². The highest BCUT2D eigenvalue weighted by Crippen LogP contribution is 2.49. The van der Waals surface area contributed by atoms with Crippen molar-refractivity contribution < 1.29 is 0 Å². The zero-order chi connectivity index (χ0) is 11.8. The summed E-state index contributed by atoms with van der Waals surface area (Å²) in [4.78, 5) is 2.75. The van der Waals surface area contributed by atoms with Crippen LogP contribution < -0.4 is 0 Å². The fourth-order valence-corrected chi connectivity index (χ4v) is 3.72. The third-order valence-corrected chi connectivity index (χ3v) is 4.71. The van der Waals surface area contributed by atoms with Crippen LogP contribution in [0.2, 0.25) is 0 Å². The van der Waals surface area contributed by atoms with Crippen LogP contribution in [0.5, 0.6) is 0 Å². The molecule has 0 aromatic rings. The molecule has 0 spiro atoms. The molecule has 3 fully saturated rings. The van der Waals surface area contributed by atoms with E-state index in [-0.39, 0.29) is 0 Å². The lowest BCUT2D eigenvalue weighted by Crippen LogP contribution is -2.55. The second-order valence-electron chi connectivity index (χ2n) is 6.29. The molecule has 1 heteroatoms. The topological polar surface area (TPSA) is 3.24 Å². The quantitative estimate of drug-likeness (QED) is 0.652. The van der Waals surface area contributed by atoms with Gasteiger partial charge in [-0.2, -0.15) is 0 Å². The largest absolute Gasteiger partial charge is 0.299 e. The van der Waals surface area contributed by atoms with Crippen LogP contribution in [0, 0.1) is 11.3 Å². The Hall–Kier alpha value is -0.300. The van der Waals surface area contributed by atoms with Crippen LogP contribution in [0.25, 0.3) is 0 Å². The Kier molecular flexibility index (Phi) is 3.44. The van der Waals surface area contributed by atoms with Crippen LogP contribution in [0.15, 0.2) is 12.2 Å². The molecule has 3 rings (SSSR count). The van der Waals surface area contributed by atoms with Gasteiger partial charge in [0.05, 0.1) is 0 Å². The monoisotopic (exact) mass is 221 g/mol. The molecule has 2 aliphatic heterocycles. The lowest BCUT2D eigenvalue weighted by Gasteiger charge is -2.54. The lowest BCUT2D eigenvalue weighted by atomic mass is 9.63. The first-order valence-electron chi connectivity index (χ1n) is 6.99. The number of fused-ring (bicyclic) bond motifs is 3. The molecule has 2 bridgehead atoms. The molecule has 0 unspecified atom stereocenters. The van der Waals surface area contributed by atoms with E-state index in [0.717, 1.165) is 12.0 Å². The highest BCUT2D eigenvalue weighted by atomic mass is 15.2. The smallest absolute Gasteiger partial charge is 0.00963 e. The highest BCUT2D eigenvalue weighted by Gasteiger charge is 2.45. The van der Waals surface area contributed by atoms with E-state index in [9.17, 15) is 0 Å². The zero-order valence-corrected chi connectivity index (χ0v) is 11.3. The minimum absolute atomic E-state index is 0.485. The number of piperidine rings is 2. The summed E-state index contributed by atoms with van der Waals surface area (Å²) in [7, 11) is 0. The Morgan fingerprint density at radius 3 is 2.50 bits per heavy atom. The fraction of sp³-hybridized carbons (Fsp3) is 0.867. The molecule has 0 atom stereocenters. The van der Waals surface area contributed by atoms with Gasteiger partial charge in [-0.3, -0.25) is 4.90 Å². The predicted molar refractivity (Wildman–Crippen MR) is 70.5 cm³/mol. The van der Waals surface area contributed by atoms with E-state index in [2.05, 4.69) is 32.3 Å². The summed E-state index contributed by atoms with van der Waals surface area (Å²) >= 11 is 0. The SMILES string of the molecule is C=C(CC)C12CCC(CC1)N(CC(C)C)C2. The Bertz CT molecular complexity index is 259. The van der Waals surface area contributed by atoms with E-state index in [0.29, 0.717) is 5.41 Å². The number of nitrogens with zero attached hydrogens (tertiary/aromatic N) is 1. The molecular formula is C15H27N. The summed E-state index contributed by atoms with van der Waals surface area (Å²) in [5.74, 6) is 0.797. The predicted octanol–water partition coefficient (Wildman–Crippen LogP) is 3.85. The molecule has 0 aromatic heterocycles. The van der Waals surface area contributed by atoms with Crippen molar-refractivity contribution in [1.29, 1.82) is 0 Å². The lowest BCUT2D eigenvalue weighted by molar-refractivity contribution is -0.00659. The molecule has 0 aromatic carbocycles. The fourth-order valence-electron chi connectivity index (χ4n) is 3.72. The number of hydrogen-bond donors (Lipinski definition) is 0. The molecule has 2 heterocycles. The summed E-state index contributed by atoms with van der Waals surface area (Å²) in [6, 6.07) is 0.883. The van der Waals surface area contributed by atoms with Gasteiger partial charge in [-0.15, -0.1) is 0 Å². The summed E-state index contributed by atoms with van der Waals surface area (Å²) in [5.41, 5.74) is 2.00. The van der Waals surface area contributed by atoms with Crippen molar-refractivity contribution in [3.63, 3.8) is 0 Å². The second-order valence-corrected chi connectivity index (χ2v) is 6.29. The van der Waals surface area contributed by atoms with Crippen molar-refractivity contribution >= 4 is 0 Å². The van der Waals surface area contributed by atoms with E-state index in [1.165, 1.54) is 50.8 Å². The van der Waals surface area contributed by atoms with Crippen LogP contribution in [0.4, 0.5) is 0 Å². The Balaban J connectivity index is 2.09. The zero-order valence-electron chi connectivity index (χ0n) is 11.3. The molecule has 16 heavy (non-hydrogen) atoms. The average molecular weight is 221 g/mol. The van der Waals surface area contributed by atoms with Crippen LogP contribution in [-0.2, 0) is 0 Å². The van der Waals surface area contributed by atoms with Crippen LogP contribution in [0.1, 0.15) is 52.9 Å². The van der Waals surface area contributed by atoms with Gasteiger partial charge in [-0.25, -0.2) is 0 Å². The van der Waals surface area contributed by atoms with E-state index in [4.69, 9.17) is 0 Å². The molecular weight excluding hydrogens is 194 g/mol. The van der Waals surface area contributed by atoms with Crippen molar-refractivity contribution in [2.45, 2.75) is 58.9 Å².